The van der Waals surface area contributed by atoms with Crippen LogP contribution in [0.3, 0.4) is 0 Å². The Labute approximate surface area is 156 Å². The van der Waals surface area contributed by atoms with Crippen LogP contribution in [0.2, 0.25) is 10.0 Å². The van der Waals surface area contributed by atoms with Crippen molar-refractivity contribution in [2.24, 2.45) is 0 Å². The second kappa shape index (κ2) is 9.21. The maximum absolute atomic E-state index is 12.2. The third-order valence-electron chi connectivity index (χ3n) is 3.47. The smallest absolute Gasteiger partial charge is 0.233 e. The first-order chi connectivity index (χ1) is 11.5. The molecule has 0 fully saturated rings. The Balaban J connectivity index is 1.81. The van der Waals surface area contributed by atoms with Crippen LogP contribution in [0.1, 0.15) is 12.5 Å². The number of carbonyl (C=O) groups excluding carboxylic acids is 1. The first kappa shape index (κ1) is 19.0. The van der Waals surface area contributed by atoms with Crippen LogP contribution in [0.25, 0.3) is 0 Å². The van der Waals surface area contributed by atoms with Crippen LogP contribution in [0.5, 0.6) is 5.75 Å². The summed E-state index contributed by atoms with van der Waals surface area (Å²) in [6.45, 7) is 2.41. The molecule has 0 spiro atoms. The molecule has 2 aromatic carbocycles. The van der Waals surface area contributed by atoms with Crippen LogP contribution in [0.4, 0.5) is 0 Å². The lowest BCUT2D eigenvalue weighted by Gasteiger charge is -2.13. The number of carbonyl (C=O) groups is 1. The van der Waals surface area contributed by atoms with Crippen LogP contribution in [-0.4, -0.2) is 24.8 Å². The standard InChI is InChI=1S/C18H19Cl2NO2S/c1-12(24-15-8-6-14(23-2)7-9-15)18(22)21-11-10-13-4-3-5-16(19)17(13)20/h3-9,12H,10-11H2,1-2H3,(H,21,22). The summed E-state index contributed by atoms with van der Waals surface area (Å²) in [5, 5.41) is 3.83. The van der Waals surface area contributed by atoms with Gasteiger partial charge in [0.25, 0.3) is 0 Å². The summed E-state index contributed by atoms with van der Waals surface area (Å²) in [5.74, 6) is 0.795. The van der Waals surface area contributed by atoms with E-state index in [2.05, 4.69) is 5.32 Å². The van der Waals surface area contributed by atoms with Gasteiger partial charge >= 0.3 is 0 Å². The average molecular weight is 384 g/mol. The second-order valence-electron chi connectivity index (χ2n) is 5.19. The highest BCUT2D eigenvalue weighted by molar-refractivity contribution is 8.00. The Morgan fingerprint density at radius 2 is 1.92 bits per heavy atom. The molecule has 0 bridgehead atoms. The van der Waals surface area contributed by atoms with Crippen molar-refractivity contribution in [1.29, 1.82) is 0 Å². The number of methoxy groups -OCH3 is 1. The van der Waals surface area contributed by atoms with Crippen molar-refractivity contribution in [3.8, 4) is 5.75 Å². The van der Waals surface area contributed by atoms with Crippen molar-refractivity contribution in [3.05, 3.63) is 58.1 Å². The molecule has 1 N–H and O–H groups in total. The average Bonchev–Trinajstić information content (AvgIpc) is 2.59. The van der Waals surface area contributed by atoms with Crippen molar-refractivity contribution >= 4 is 40.9 Å². The fraction of sp³-hybridized carbons (Fsp3) is 0.278. The molecule has 128 valence electrons. The summed E-state index contributed by atoms with van der Waals surface area (Å²) < 4.78 is 5.13. The number of ether oxygens (including phenoxy) is 1. The highest BCUT2D eigenvalue weighted by Crippen LogP contribution is 2.26. The lowest BCUT2D eigenvalue weighted by Crippen LogP contribution is -2.32. The highest BCUT2D eigenvalue weighted by Gasteiger charge is 2.14. The summed E-state index contributed by atoms with van der Waals surface area (Å²) in [5.41, 5.74) is 0.930. The number of rotatable bonds is 7. The summed E-state index contributed by atoms with van der Waals surface area (Å²) in [6, 6.07) is 13.2. The molecular weight excluding hydrogens is 365 g/mol. The summed E-state index contributed by atoms with van der Waals surface area (Å²) >= 11 is 13.6. The molecule has 0 aliphatic carbocycles. The lowest BCUT2D eigenvalue weighted by atomic mass is 10.1. The molecule has 2 rings (SSSR count). The van der Waals surface area contributed by atoms with E-state index >= 15 is 0 Å². The molecule has 2 aromatic rings. The van der Waals surface area contributed by atoms with Gasteiger partial charge in [0.05, 0.1) is 22.4 Å². The van der Waals surface area contributed by atoms with E-state index in [4.69, 9.17) is 27.9 Å². The van der Waals surface area contributed by atoms with E-state index in [0.29, 0.717) is 23.0 Å². The zero-order chi connectivity index (χ0) is 17.5. The Morgan fingerprint density at radius 3 is 2.58 bits per heavy atom. The van der Waals surface area contributed by atoms with Gasteiger partial charge in [-0.3, -0.25) is 4.79 Å². The van der Waals surface area contributed by atoms with Gasteiger partial charge in [-0.15, -0.1) is 11.8 Å². The third-order valence-corrected chi connectivity index (χ3v) is 5.44. The molecule has 1 unspecified atom stereocenters. The number of hydrogen-bond acceptors (Lipinski definition) is 3. The van der Waals surface area contributed by atoms with Gasteiger partial charge in [0.15, 0.2) is 0 Å². The molecular formula is C18H19Cl2NO2S. The third kappa shape index (κ3) is 5.33. The molecule has 0 saturated carbocycles. The zero-order valence-corrected chi connectivity index (χ0v) is 15.8. The first-order valence-electron chi connectivity index (χ1n) is 7.52. The minimum absolute atomic E-state index is 0.00558. The predicted octanol–water partition coefficient (Wildman–Crippen LogP) is 4.84. The lowest BCUT2D eigenvalue weighted by molar-refractivity contribution is -0.120. The monoisotopic (exact) mass is 383 g/mol. The van der Waals surface area contributed by atoms with Gasteiger partial charge in [-0.25, -0.2) is 0 Å². The van der Waals surface area contributed by atoms with Crippen LogP contribution in [0, 0.1) is 0 Å². The van der Waals surface area contributed by atoms with E-state index in [1.54, 1.807) is 13.2 Å². The number of nitrogens with one attached hydrogen (secondary N) is 1. The highest BCUT2D eigenvalue weighted by atomic mass is 35.5. The molecule has 3 nitrogen and oxygen atoms in total. The normalized spacial score (nSPS) is 11.8. The van der Waals surface area contributed by atoms with Crippen molar-refractivity contribution in [2.75, 3.05) is 13.7 Å². The second-order valence-corrected chi connectivity index (χ2v) is 7.39. The van der Waals surface area contributed by atoms with Crippen LogP contribution in [-0.2, 0) is 11.2 Å². The molecule has 6 heteroatoms. The summed E-state index contributed by atoms with van der Waals surface area (Å²) in [6.07, 6.45) is 0.644. The van der Waals surface area contributed by atoms with E-state index in [9.17, 15) is 4.79 Å². The van der Waals surface area contributed by atoms with Crippen molar-refractivity contribution < 1.29 is 9.53 Å². The minimum Gasteiger partial charge on any atom is -0.497 e. The molecule has 0 aromatic heterocycles. The van der Waals surface area contributed by atoms with E-state index in [1.165, 1.54) is 11.8 Å². The minimum atomic E-state index is -0.187. The van der Waals surface area contributed by atoms with Crippen molar-refractivity contribution in [1.82, 2.24) is 5.32 Å². The predicted molar refractivity (Wildman–Crippen MR) is 101 cm³/mol. The SMILES string of the molecule is COc1ccc(SC(C)C(=O)NCCc2cccc(Cl)c2Cl)cc1. The van der Waals surface area contributed by atoms with E-state index in [-0.39, 0.29) is 11.2 Å². The van der Waals surface area contributed by atoms with Gasteiger partial charge in [-0.1, -0.05) is 35.3 Å². The van der Waals surface area contributed by atoms with Gasteiger partial charge in [-0.05, 0) is 49.2 Å². The van der Waals surface area contributed by atoms with Crippen LogP contribution >= 0.6 is 35.0 Å². The Hall–Kier alpha value is -1.36. The fourth-order valence-electron chi connectivity index (χ4n) is 2.12. The van der Waals surface area contributed by atoms with Gasteiger partial charge in [0, 0.05) is 11.4 Å². The van der Waals surface area contributed by atoms with E-state index in [0.717, 1.165) is 16.2 Å². The van der Waals surface area contributed by atoms with Crippen molar-refractivity contribution in [3.63, 3.8) is 0 Å². The first-order valence-corrected chi connectivity index (χ1v) is 9.16. The molecule has 0 saturated heterocycles. The molecule has 0 radical (unpaired) electrons. The van der Waals surface area contributed by atoms with Crippen LogP contribution in [0.15, 0.2) is 47.4 Å². The Bertz CT molecular complexity index is 692. The number of amides is 1. The maximum atomic E-state index is 12.2. The number of benzene rings is 2. The fourth-order valence-corrected chi connectivity index (χ4v) is 3.42. The van der Waals surface area contributed by atoms with Crippen LogP contribution < -0.4 is 10.1 Å². The van der Waals surface area contributed by atoms with Gasteiger partial charge < -0.3 is 10.1 Å². The van der Waals surface area contributed by atoms with Gasteiger partial charge in [-0.2, -0.15) is 0 Å². The zero-order valence-electron chi connectivity index (χ0n) is 13.5. The van der Waals surface area contributed by atoms with E-state index < -0.39 is 0 Å². The van der Waals surface area contributed by atoms with Gasteiger partial charge in [0.1, 0.15) is 5.75 Å². The summed E-state index contributed by atoms with van der Waals surface area (Å²) in [4.78, 5) is 13.2. The molecule has 1 atom stereocenters. The molecule has 0 aliphatic rings. The number of halogens is 2. The molecule has 1 amide bonds. The molecule has 24 heavy (non-hydrogen) atoms. The summed E-state index contributed by atoms with van der Waals surface area (Å²) in [7, 11) is 1.63. The molecule has 0 heterocycles. The number of hydrogen-bond donors (Lipinski definition) is 1. The quantitative estimate of drug-likeness (QED) is 0.694. The largest absolute Gasteiger partial charge is 0.497 e. The maximum Gasteiger partial charge on any atom is 0.233 e. The molecule has 0 aliphatic heterocycles. The Kier molecular flexibility index (Phi) is 7.28. The number of thioether (sulfide) groups is 1. The van der Waals surface area contributed by atoms with Crippen molar-refractivity contribution in [2.45, 2.75) is 23.5 Å². The van der Waals surface area contributed by atoms with E-state index in [1.807, 2.05) is 43.3 Å². The Morgan fingerprint density at radius 1 is 1.21 bits per heavy atom. The topological polar surface area (TPSA) is 38.3 Å². The van der Waals surface area contributed by atoms with Gasteiger partial charge in [0.2, 0.25) is 5.91 Å².